The lowest BCUT2D eigenvalue weighted by molar-refractivity contribution is -0.155. The van der Waals surface area contributed by atoms with E-state index in [0.29, 0.717) is 30.3 Å². The second kappa shape index (κ2) is 6.06. The monoisotopic (exact) mass is 320 g/mol. The number of carbonyl (C=O) groups is 2. The maximum atomic E-state index is 12.3. The zero-order chi connectivity index (χ0) is 16.6. The van der Waals surface area contributed by atoms with Gasteiger partial charge in [0, 0.05) is 17.3 Å². The first kappa shape index (κ1) is 16.1. The molecule has 0 amide bonds. The number of aromatic nitrogens is 2. The smallest absolute Gasteiger partial charge is 0.309 e. The molecule has 0 N–H and O–H groups in total. The standard InChI is InChI=1S/C17H24N2O4/c1-17(2,3)16-18-13(23-19-16)9-22-15(21)12-7-10-5-4-6-11(8-12)14(10)20/h10-12H,4-9H2,1-3H3. The van der Waals surface area contributed by atoms with Crippen molar-refractivity contribution in [1.82, 2.24) is 10.1 Å². The predicted octanol–water partition coefficient (Wildman–Crippen LogP) is 2.81. The van der Waals surface area contributed by atoms with Crippen LogP contribution in [0.4, 0.5) is 0 Å². The van der Waals surface area contributed by atoms with Gasteiger partial charge in [-0.25, -0.2) is 0 Å². The fraction of sp³-hybridized carbons (Fsp3) is 0.765. The molecule has 6 nitrogen and oxygen atoms in total. The van der Waals surface area contributed by atoms with E-state index in [4.69, 9.17) is 9.26 Å². The molecule has 0 spiro atoms. The molecule has 2 aliphatic rings. The Labute approximate surface area is 136 Å². The van der Waals surface area contributed by atoms with Gasteiger partial charge in [0.2, 0.25) is 0 Å². The van der Waals surface area contributed by atoms with Crippen LogP contribution in [0.15, 0.2) is 4.52 Å². The fourth-order valence-corrected chi connectivity index (χ4v) is 3.54. The van der Waals surface area contributed by atoms with Gasteiger partial charge in [-0.15, -0.1) is 0 Å². The Morgan fingerprint density at radius 1 is 1.26 bits per heavy atom. The van der Waals surface area contributed by atoms with Crippen LogP contribution in [0.2, 0.25) is 0 Å². The molecule has 2 saturated carbocycles. The Balaban J connectivity index is 1.56. The molecule has 2 bridgehead atoms. The number of esters is 1. The largest absolute Gasteiger partial charge is 0.455 e. The van der Waals surface area contributed by atoms with E-state index in [0.717, 1.165) is 19.3 Å². The van der Waals surface area contributed by atoms with E-state index in [2.05, 4.69) is 10.1 Å². The van der Waals surface area contributed by atoms with Crippen LogP contribution >= 0.6 is 0 Å². The Kier molecular flexibility index (Phi) is 4.25. The fourth-order valence-electron chi connectivity index (χ4n) is 3.54. The minimum Gasteiger partial charge on any atom is -0.455 e. The van der Waals surface area contributed by atoms with Gasteiger partial charge in [0.25, 0.3) is 5.89 Å². The molecule has 2 fully saturated rings. The van der Waals surface area contributed by atoms with E-state index >= 15 is 0 Å². The number of Topliss-reactive ketones (excluding diaryl/α,β-unsaturated/α-hetero) is 1. The maximum Gasteiger partial charge on any atom is 0.309 e. The van der Waals surface area contributed by atoms with Gasteiger partial charge >= 0.3 is 5.97 Å². The van der Waals surface area contributed by atoms with Gasteiger partial charge in [-0.3, -0.25) is 9.59 Å². The van der Waals surface area contributed by atoms with Crippen LogP contribution in [0.3, 0.4) is 0 Å². The lowest BCUT2D eigenvalue weighted by Gasteiger charge is -2.36. The Morgan fingerprint density at radius 2 is 1.91 bits per heavy atom. The van der Waals surface area contributed by atoms with Crippen molar-refractivity contribution in [3.05, 3.63) is 11.7 Å². The number of carbonyl (C=O) groups excluding carboxylic acids is 2. The van der Waals surface area contributed by atoms with Gasteiger partial charge in [0.1, 0.15) is 5.78 Å². The minimum absolute atomic E-state index is 0.00168. The molecule has 0 aliphatic heterocycles. The highest BCUT2D eigenvalue weighted by Crippen LogP contribution is 2.40. The van der Waals surface area contributed by atoms with E-state index in [9.17, 15) is 9.59 Å². The molecular formula is C17H24N2O4. The lowest BCUT2D eigenvalue weighted by Crippen LogP contribution is -2.39. The molecule has 0 radical (unpaired) electrons. The highest BCUT2D eigenvalue weighted by molar-refractivity contribution is 5.87. The van der Waals surface area contributed by atoms with Crippen LogP contribution in [0, 0.1) is 17.8 Å². The van der Waals surface area contributed by atoms with Crippen molar-refractivity contribution in [1.29, 1.82) is 0 Å². The van der Waals surface area contributed by atoms with Crippen LogP contribution in [0.5, 0.6) is 0 Å². The third kappa shape index (κ3) is 3.46. The summed E-state index contributed by atoms with van der Waals surface area (Å²) in [6.45, 7) is 5.98. The molecule has 6 heteroatoms. The second-order valence-electron chi connectivity index (χ2n) is 7.76. The quantitative estimate of drug-likeness (QED) is 0.796. The predicted molar refractivity (Wildman–Crippen MR) is 81.4 cm³/mol. The Hall–Kier alpha value is -1.72. The summed E-state index contributed by atoms with van der Waals surface area (Å²) >= 11 is 0. The molecule has 2 atom stereocenters. The zero-order valence-corrected chi connectivity index (χ0v) is 14.0. The van der Waals surface area contributed by atoms with Crippen molar-refractivity contribution in [2.24, 2.45) is 17.8 Å². The molecular weight excluding hydrogens is 296 g/mol. The van der Waals surface area contributed by atoms with Gasteiger partial charge in [0.05, 0.1) is 5.92 Å². The van der Waals surface area contributed by atoms with E-state index < -0.39 is 0 Å². The molecule has 126 valence electrons. The van der Waals surface area contributed by atoms with Crippen LogP contribution in [0.1, 0.15) is 64.6 Å². The van der Waals surface area contributed by atoms with Crippen LogP contribution in [-0.2, 0) is 26.3 Å². The van der Waals surface area contributed by atoms with Crippen molar-refractivity contribution in [2.45, 2.75) is 64.9 Å². The SMILES string of the molecule is CC(C)(C)c1noc(COC(=O)C2CC3CCCC(C2)C3=O)n1. The number of fused-ring (bicyclic) bond motifs is 2. The first-order valence-corrected chi connectivity index (χ1v) is 8.38. The highest BCUT2D eigenvalue weighted by atomic mass is 16.6. The maximum absolute atomic E-state index is 12.3. The van der Waals surface area contributed by atoms with Crippen LogP contribution in [-0.4, -0.2) is 21.9 Å². The first-order chi connectivity index (χ1) is 10.8. The molecule has 0 saturated heterocycles. The number of ketones is 1. The number of nitrogens with zero attached hydrogens (tertiary/aromatic N) is 2. The molecule has 1 aromatic heterocycles. The molecule has 1 aromatic rings. The third-order valence-corrected chi connectivity index (χ3v) is 4.86. The van der Waals surface area contributed by atoms with Crippen molar-refractivity contribution >= 4 is 11.8 Å². The first-order valence-electron chi connectivity index (χ1n) is 8.38. The van der Waals surface area contributed by atoms with Gasteiger partial charge in [-0.2, -0.15) is 4.98 Å². The third-order valence-electron chi connectivity index (χ3n) is 4.86. The van der Waals surface area contributed by atoms with E-state index in [1.807, 2.05) is 20.8 Å². The van der Waals surface area contributed by atoms with Gasteiger partial charge in [-0.05, 0) is 25.7 Å². The zero-order valence-electron chi connectivity index (χ0n) is 14.0. The number of hydrogen-bond acceptors (Lipinski definition) is 6. The second-order valence-corrected chi connectivity index (χ2v) is 7.76. The van der Waals surface area contributed by atoms with Crippen molar-refractivity contribution < 1.29 is 18.8 Å². The normalized spacial score (nSPS) is 27.8. The topological polar surface area (TPSA) is 82.3 Å². The average molecular weight is 320 g/mol. The lowest BCUT2D eigenvalue weighted by atomic mass is 9.67. The van der Waals surface area contributed by atoms with Crippen molar-refractivity contribution in [2.75, 3.05) is 0 Å². The summed E-state index contributed by atoms with van der Waals surface area (Å²) in [7, 11) is 0. The molecule has 1 heterocycles. The Morgan fingerprint density at radius 3 is 2.48 bits per heavy atom. The number of ether oxygens (including phenoxy) is 1. The summed E-state index contributed by atoms with van der Waals surface area (Å²) in [6.07, 6.45) is 4.19. The summed E-state index contributed by atoms with van der Waals surface area (Å²) in [5, 5.41) is 3.91. The van der Waals surface area contributed by atoms with Crippen LogP contribution < -0.4 is 0 Å². The molecule has 0 aromatic carbocycles. The summed E-state index contributed by atoms with van der Waals surface area (Å²) in [5.41, 5.74) is -0.201. The van der Waals surface area contributed by atoms with E-state index in [1.54, 1.807) is 0 Å². The molecule has 2 aliphatic carbocycles. The summed E-state index contributed by atoms with van der Waals surface area (Å²) in [4.78, 5) is 28.6. The number of rotatable bonds is 3. The van der Waals surface area contributed by atoms with Gasteiger partial charge in [-0.1, -0.05) is 32.3 Å². The van der Waals surface area contributed by atoms with Gasteiger partial charge in [0.15, 0.2) is 12.4 Å². The van der Waals surface area contributed by atoms with Crippen molar-refractivity contribution in [3.63, 3.8) is 0 Å². The highest BCUT2D eigenvalue weighted by Gasteiger charge is 2.41. The van der Waals surface area contributed by atoms with E-state index in [1.165, 1.54) is 0 Å². The summed E-state index contributed by atoms with van der Waals surface area (Å²) < 4.78 is 10.5. The number of hydrogen-bond donors (Lipinski definition) is 0. The minimum atomic E-state index is -0.245. The molecule has 2 unspecified atom stereocenters. The summed E-state index contributed by atoms with van der Waals surface area (Å²) in [5.74, 6) is 0.952. The summed E-state index contributed by atoms with van der Waals surface area (Å²) in [6, 6.07) is 0. The van der Waals surface area contributed by atoms with Crippen LogP contribution in [0.25, 0.3) is 0 Å². The Bertz CT molecular complexity index is 586. The van der Waals surface area contributed by atoms with E-state index in [-0.39, 0.29) is 35.7 Å². The average Bonchev–Trinajstić information content (AvgIpc) is 2.93. The van der Waals surface area contributed by atoms with Gasteiger partial charge < -0.3 is 9.26 Å². The molecule has 23 heavy (non-hydrogen) atoms. The molecule has 3 rings (SSSR count). The van der Waals surface area contributed by atoms with Crippen molar-refractivity contribution in [3.8, 4) is 0 Å².